The van der Waals surface area contributed by atoms with Gasteiger partial charge in [0, 0.05) is 17.8 Å². The zero-order chi connectivity index (χ0) is 13.4. The Balaban J connectivity index is 1.93. The fourth-order valence-corrected chi connectivity index (χ4v) is 2.46. The van der Waals surface area contributed by atoms with Crippen LogP contribution in [0.25, 0.3) is 0 Å². The minimum absolute atomic E-state index is 0.182. The van der Waals surface area contributed by atoms with Crippen LogP contribution in [-0.2, 0) is 6.42 Å². The van der Waals surface area contributed by atoms with Crippen LogP contribution >= 0.6 is 0 Å². The first kappa shape index (κ1) is 12.0. The number of Topliss-reactive ketones (excluding diaryl/α,β-unsaturated/α-hetero) is 1. The highest BCUT2D eigenvalue weighted by Gasteiger charge is 2.23. The number of nitrogens with zero attached hydrogens (tertiary/aromatic N) is 1. The number of rotatable bonds is 2. The number of hydrogen-bond acceptors (Lipinski definition) is 3. The first-order valence-electron chi connectivity index (χ1n) is 6.60. The summed E-state index contributed by atoms with van der Waals surface area (Å²) in [5.41, 5.74) is 5.15. The second-order valence-corrected chi connectivity index (χ2v) is 5.13. The summed E-state index contributed by atoms with van der Waals surface area (Å²) >= 11 is 0. The molecule has 0 aliphatic heterocycles. The molecule has 2 aromatic rings. The molecule has 1 heterocycles. The van der Waals surface area contributed by atoms with Crippen LogP contribution in [-0.4, -0.2) is 16.0 Å². The lowest BCUT2D eigenvalue weighted by Gasteiger charge is -2.11. The van der Waals surface area contributed by atoms with Gasteiger partial charge in [0.2, 0.25) is 0 Å². The maximum Gasteiger partial charge on any atom is 0.168 e. The minimum Gasteiger partial charge on any atom is -0.338 e. The maximum atomic E-state index is 12.0. The summed E-state index contributed by atoms with van der Waals surface area (Å²) in [4.78, 5) is 12.0. The van der Waals surface area contributed by atoms with Crippen molar-refractivity contribution in [3.05, 3.63) is 40.6 Å². The maximum absolute atomic E-state index is 12.0. The molecule has 0 radical (unpaired) electrons. The molecule has 4 nitrogen and oxygen atoms in total. The number of anilines is 2. The molecule has 4 heteroatoms. The Hall–Kier alpha value is -2.10. The van der Waals surface area contributed by atoms with Gasteiger partial charge in [-0.05, 0) is 49.9 Å². The van der Waals surface area contributed by atoms with Crippen LogP contribution in [0.15, 0.2) is 18.2 Å². The number of aromatic amines is 1. The Bertz CT molecular complexity index is 643. The van der Waals surface area contributed by atoms with E-state index >= 15 is 0 Å². The molecule has 1 aromatic carbocycles. The quantitative estimate of drug-likeness (QED) is 0.865. The summed E-state index contributed by atoms with van der Waals surface area (Å²) < 4.78 is 0. The van der Waals surface area contributed by atoms with Gasteiger partial charge in [0.05, 0.1) is 5.56 Å². The van der Waals surface area contributed by atoms with Gasteiger partial charge in [-0.25, -0.2) is 0 Å². The van der Waals surface area contributed by atoms with E-state index < -0.39 is 0 Å². The molecule has 0 spiro atoms. The lowest BCUT2D eigenvalue weighted by Crippen LogP contribution is -2.10. The topological polar surface area (TPSA) is 57.8 Å². The number of carbonyl (C=O) groups excluding carboxylic acids is 1. The van der Waals surface area contributed by atoms with Crippen molar-refractivity contribution in [3.8, 4) is 0 Å². The minimum atomic E-state index is 0.182. The molecule has 19 heavy (non-hydrogen) atoms. The lowest BCUT2D eigenvalue weighted by molar-refractivity contribution is 0.0973. The molecule has 1 aliphatic carbocycles. The molecule has 0 unspecified atom stereocenters. The van der Waals surface area contributed by atoms with Crippen molar-refractivity contribution < 1.29 is 4.79 Å². The van der Waals surface area contributed by atoms with Crippen molar-refractivity contribution in [1.29, 1.82) is 0 Å². The molecule has 2 N–H and O–H groups in total. The molecule has 1 aromatic heterocycles. The van der Waals surface area contributed by atoms with E-state index in [1.165, 1.54) is 11.1 Å². The van der Waals surface area contributed by atoms with Gasteiger partial charge in [0.1, 0.15) is 0 Å². The van der Waals surface area contributed by atoms with E-state index in [0.29, 0.717) is 12.2 Å². The average Bonchev–Trinajstić information content (AvgIpc) is 2.79. The van der Waals surface area contributed by atoms with E-state index in [1.54, 1.807) is 0 Å². The molecule has 1 aliphatic rings. The Morgan fingerprint density at radius 2 is 2.05 bits per heavy atom. The van der Waals surface area contributed by atoms with Crippen LogP contribution in [0.5, 0.6) is 0 Å². The summed E-state index contributed by atoms with van der Waals surface area (Å²) in [7, 11) is 0. The number of fused-ring (bicyclic) bond motifs is 1. The third kappa shape index (κ3) is 2.14. The summed E-state index contributed by atoms with van der Waals surface area (Å²) in [5, 5.41) is 10.5. The van der Waals surface area contributed by atoms with Crippen LogP contribution in [0.2, 0.25) is 0 Å². The highest BCUT2D eigenvalue weighted by molar-refractivity contribution is 6.02. The lowest BCUT2D eigenvalue weighted by atomic mass is 9.96. The molecule has 0 amide bonds. The van der Waals surface area contributed by atoms with Crippen molar-refractivity contribution in [2.24, 2.45) is 0 Å². The highest BCUT2D eigenvalue weighted by Crippen LogP contribution is 2.28. The van der Waals surface area contributed by atoms with Gasteiger partial charge < -0.3 is 5.32 Å². The number of ketones is 1. The molecule has 0 saturated heterocycles. The van der Waals surface area contributed by atoms with Crippen molar-refractivity contribution >= 4 is 17.3 Å². The Kier molecular flexibility index (Phi) is 2.85. The number of aryl methyl sites for hydroxylation is 3. The fourth-order valence-electron chi connectivity index (χ4n) is 2.46. The van der Waals surface area contributed by atoms with Gasteiger partial charge in [-0.1, -0.05) is 6.07 Å². The Morgan fingerprint density at radius 3 is 2.84 bits per heavy atom. The van der Waals surface area contributed by atoms with Crippen molar-refractivity contribution in [1.82, 2.24) is 10.2 Å². The third-order valence-electron chi connectivity index (χ3n) is 3.72. The van der Waals surface area contributed by atoms with Gasteiger partial charge in [0.25, 0.3) is 0 Å². The number of aromatic nitrogens is 2. The number of H-pyrrole nitrogens is 1. The molecule has 98 valence electrons. The summed E-state index contributed by atoms with van der Waals surface area (Å²) in [6.45, 7) is 4.16. The van der Waals surface area contributed by atoms with E-state index in [0.717, 1.165) is 29.8 Å². The van der Waals surface area contributed by atoms with E-state index in [9.17, 15) is 4.79 Å². The zero-order valence-corrected chi connectivity index (χ0v) is 11.2. The van der Waals surface area contributed by atoms with Crippen molar-refractivity contribution in [2.75, 3.05) is 5.32 Å². The van der Waals surface area contributed by atoms with Crippen LogP contribution in [0.4, 0.5) is 11.5 Å². The SMILES string of the molecule is Cc1ccc(Nc2n[nH]c3c2C(=O)CCC3)cc1C. The molecule has 0 fully saturated rings. The van der Waals surface area contributed by atoms with Crippen molar-refractivity contribution in [3.63, 3.8) is 0 Å². The number of benzene rings is 1. The zero-order valence-electron chi connectivity index (χ0n) is 11.2. The summed E-state index contributed by atoms with van der Waals surface area (Å²) in [6.07, 6.45) is 2.44. The first-order chi connectivity index (χ1) is 9.15. The number of nitrogens with one attached hydrogen (secondary N) is 2. The second-order valence-electron chi connectivity index (χ2n) is 5.13. The molecular weight excluding hydrogens is 238 g/mol. The van der Waals surface area contributed by atoms with E-state index in [4.69, 9.17) is 0 Å². The van der Waals surface area contributed by atoms with Gasteiger partial charge in [-0.15, -0.1) is 0 Å². The largest absolute Gasteiger partial charge is 0.338 e. The molecule has 3 rings (SSSR count). The predicted octanol–water partition coefficient (Wildman–Crippen LogP) is 3.29. The molecule has 0 saturated carbocycles. The third-order valence-corrected chi connectivity index (χ3v) is 3.72. The second kappa shape index (κ2) is 4.53. The van der Waals surface area contributed by atoms with Crippen LogP contribution in [0.3, 0.4) is 0 Å². The monoisotopic (exact) mass is 255 g/mol. The van der Waals surface area contributed by atoms with Crippen LogP contribution in [0.1, 0.15) is 40.0 Å². The molecule has 0 bridgehead atoms. The first-order valence-corrected chi connectivity index (χ1v) is 6.60. The van der Waals surface area contributed by atoms with Gasteiger partial charge in [-0.3, -0.25) is 9.89 Å². The van der Waals surface area contributed by atoms with Gasteiger partial charge in [-0.2, -0.15) is 5.10 Å². The summed E-state index contributed by atoms with van der Waals surface area (Å²) in [5.74, 6) is 0.837. The van der Waals surface area contributed by atoms with E-state index in [1.807, 2.05) is 6.07 Å². The Labute approximate surface area is 112 Å². The standard InChI is InChI=1S/C15H17N3O/c1-9-6-7-11(8-10(9)2)16-15-14-12(17-18-15)4-3-5-13(14)19/h6-8H,3-5H2,1-2H3,(H2,16,17,18). The smallest absolute Gasteiger partial charge is 0.168 e. The van der Waals surface area contributed by atoms with Gasteiger partial charge in [0.15, 0.2) is 11.6 Å². The normalized spacial score (nSPS) is 14.3. The Morgan fingerprint density at radius 1 is 1.21 bits per heavy atom. The van der Waals surface area contributed by atoms with Crippen LogP contribution < -0.4 is 5.32 Å². The van der Waals surface area contributed by atoms with Crippen molar-refractivity contribution in [2.45, 2.75) is 33.1 Å². The van der Waals surface area contributed by atoms with Crippen LogP contribution in [0, 0.1) is 13.8 Å². The fraction of sp³-hybridized carbons (Fsp3) is 0.333. The predicted molar refractivity (Wildman–Crippen MR) is 75.1 cm³/mol. The number of carbonyl (C=O) groups is 1. The highest BCUT2D eigenvalue weighted by atomic mass is 16.1. The average molecular weight is 255 g/mol. The molecular formula is C15H17N3O. The van der Waals surface area contributed by atoms with E-state index in [-0.39, 0.29) is 5.78 Å². The van der Waals surface area contributed by atoms with E-state index in [2.05, 4.69) is 41.5 Å². The number of hydrogen-bond donors (Lipinski definition) is 2. The van der Waals surface area contributed by atoms with Gasteiger partial charge >= 0.3 is 0 Å². The summed E-state index contributed by atoms with van der Waals surface area (Å²) in [6, 6.07) is 6.15. The molecule has 0 atom stereocenters.